The summed E-state index contributed by atoms with van der Waals surface area (Å²) in [5.41, 5.74) is 8.69. The topological polar surface area (TPSA) is 80.9 Å². The third kappa shape index (κ3) is 2.28. The van der Waals surface area contributed by atoms with Gasteiger partial charge in [0.15, 0.2) is 0 Å². The number of aromatic nitrogens is 2. The highest BCUT2D eigenvalue weighted by Crippen LogP contribution is 2.37. The van der Waals surface area contributed by atoms with Crippen molar-refractivity contribution >= 4 is 49.9 Å². The van der Waals surface area contributed by atoms with Crippen LogP contribution in [0.25, 0.3) is 21.1 Å². The first-order valence-corrected chi connectivity index (χ1v) is 8.26. The second kappa shape index (κ2) is 5.58. The van der Waals surface area contributed by atoms with Gasteiger partial charge in [0, 0.05) is 17.0 Å². The molecule has 3 heterocycles. The summed E-state index contributed by atoms with van der Waals surface area (Å²) in [6, 6.07) is 13.2. The molecule has 0 aliphatic rings. The van der Waals surface area contributed by atoms with Crippen molar-refractivity contribution in [2.75, 3.05) is 11.1 Å². The van der Waals surface area contributed by atoms with Crippen molar-refractivity contribution in [3.63, 3.8) is 0 Å². The minimum absolute atomic E-state index is 0.266. The number of amides is 1. The Morgan fingerprint density at radius 3 is 2.75 bits per heavy atom. The number of carbonyl (C=O) groups is 1. The molecule has 4 rings (SSSR count). The fourth-order valence-corrected chi connectivity index (χ4v) is 3.84. The Morgan fingerprint density at radius 2 is 1.96 bits per heavy atom. The molecular formula is C18H14N4OS. The molecule has 0 spiro atoms. The third-order valence-electron chi connectivity index (χ3n) is 3.94. The van der Waals surface area contributed by atoms with Gasteiger partial charge in [0.1, 0.15) is 15.5 Å². The summed E-state index contributed by atoms with van der Waals surface area (Å²) < 4.78 is 0. The molecule has 0 radical (unpaired) electrons. The van der Waals surface area contributed by atoms with Gasteiger partial charge >= 0.3 is 0 Å². The highest BCUT2D eigenvalue weighted by atomic mass is 32.1. The Morgan fingerprint density at radius 1 is 1.17 bits per heavy atom. The zero-order valence-corrected chi connectivity index (χ0v) is 13.7. The highest BCUT2D eigenvalue weighted by molar-refractivity contribution is 7.21. The highest BCUT2D eigenvalue weighted by Gasteiger charge is 2.20. The first-order valence-electron chi connectivity index (χ1n) is 7.45. The molecule has 5 nitrogen and oxygen atoms in total. The molecule has 1 amide bonds. The molecule has 24 heavy (non-hydrogen) atoms. The summed E-state index contributed by atoms with van der Waals surface area (Å²) in [4.78, 5) is 22.6. The number of hydrogen-bond acceptors (Lipinski definition) is 5. The van der Waals surface area contributed by atoms with Gasteiger partial charge < -0.3 is 11.1 Å². The lowest BCUT2D eigenvalue weighted by Crippen LogP contribution is -2.12. The van der Waals surface area contributed by atoms with Crippen LogP contribution in [0, 0.1) is 6.92 Å². The number of fused-ring (bicyclic) bond motifs is 2. The van der Waals surface area contributed by atoms with E-state index in [1.54, 1.807) is 18.3 Å². The maximum atomic E-state index is 12.6. The first kappa shape index (κ1) is 14.6. The number of rotatable bonds is 2. The van der Waals surface area contributed by atoms with E-state index in [4.69, 9.17) is 5.73 Å². The van der Waals surface area contributed by atoms with Crippen molar-refractivity contribution in [3.05, 3.63) is 59.1 Å². The lowest BCUT2D eigenvalue weighted by molar-refractivity contribution is 0.103. The molecule has 4 aromatic rings. The monoisotopic (exact) mass is 334 g/mol. The molecular weight excluding hydrogens is 320 g/mol. The van der Waals surface area contributed by atoms with Gasteiger partial charge in [0.25, 0.3) is 5.91 Å². The van der Waals surface area contributed by atoms with Crippen LogP contribution in [0.4, 0.5) is 11.5 Å². The smallest absolute Gasteiger partial charge is 0.269 e. The molecule has 0 fully saturated rings. The van der Waals surface area contributed by atoms with E-state index < -0.39 is 0 Å². The van der Waals surface area contributed by atoms with E-state index in [2.05, 4.69) is 15.3 Å². The van der Waals surface area contributed by atoms with E-state index in [1.807, 2.05) is 37.3 Å². The molecule has 0 saturated carbocycles. The molecule has 0 bridgehead atoms. The summed E-state index contributed by atoms with van der Waals surface area (Å²) in [5.74, 6) is 0.229. The minimum atomic E-state index is -0.266. The molecule has 0 aliphatic carbocycles. The Hall–Kier alpha value is -2.99. The lowest BCUT2D eigenvalue weighted by atomic mass is 10.1. The van der Waals surface area contributed by atoms with Crippen molar-refractivity contribution in [2.24, 2.45) is 0 Å². The molecule has 0 aliphatic heterocycles. The van der Waals surface area contributed by atoms with Gasteiger partial charge in [-0.05, 0) is 30.7 Å². The average Bonchev–Trinajstić information content (AvgIpc) is 2.93. The van der Waals surface area contributed by atoms with Crippen LogP contribution in [0.3, 0.4) is 0 Å². The number of para-hydroxylation sites is 1. The van der Waals surface area contributed by atoms with E-state index in [0.29, 0.717) is 16.4 Å². The number of nitrogens with zero attached hydrogens (tertiary/aromatic N) is 2. The van der Waals surface area contributed by atoms with Crippen LogP contribution >= 0.6 is 11.3 Å². The van der Waals surface area contributed by atoms with Crippen molar-refractivity contribution in [1.82, 2.24) is 9.97 Å². The van der Waals surface area contributed by atoms with Crippen molar-refractivity contribution in [1.29, 1.82) is 0 Å². The number of hydrogen-bond donors (Lipinski definition) is 2. The zero-order valence-electron chi connectivity index (χ0n) is 12.9. The van der Waals surface area contributed by atoms with E-state index in [1.165, 1.54) is 11.3 Å². The quantitative estimate of drug-likeness (QED) is 0.581. The summed E-state index contributed by atoms with van der Waals surface area (Å²) >= 11 is 1.30. The average molecular weight is 334 g/mol. The SMILES string of the molecule is Cc1c2ccccc2nc2sc(C(=O)Nc3ccccn3)c(N)c12. The summed E-state index contributed by atoms with van der Waals surface area (Å²) in [5, 5.41) is 4.67. The fraction of sp³-hybridized carbons (Fsp3) is 0.0556. The number of pyridine rings is 2. The summed E-state index contributed by atoms with van der Waals surface area (Å²) in [6.07, 6.45) is 1.63. The number of carbonyl (C=O) groups excluding carboxylic acids is 1. The van der Waals surface area contributed by atoms with Crippen molar-refractivity contribution in [3.8, 4) is 0 Å². The molecule has 6 heteroatoms. The standard InChI is InChI=1S/C18H14N4OS/c1-10-11-6-2-3-7-12(11)21-18-14(10)15(19)16(24-18)17(23)22-13-8-4-5-9-20-13/h2-9H,19H2,1H3,(H,20,22,23). The Kier molecular flexibility index (Phi) is 3.39. The normalized spacial score (nSPS) is 11.0. The number of aryl methyl sites for hydroxylation is 1. The van der Waals surface area contributed by atoms with Crippen LogP contribution in [0.15, 0.2) is 48.7 Å². The van der Waals surface area contributed by atoms with Gasteiger partial charge in [-0.3, -0.25) is 4.79 Å². The minimum Gasteiger partial charge on any atom is -0.397 e. The van der Waals surface area contributed by atoms with Gasteiger partial charge in [-0.25, -0.2) is 9.97 Å². The van der Waals surface area contributed by atoms with Crippen LogP contribution in [-0.4, -0.2) is 15.9 Å². The van der Waals surface area contributed by atoms with Crippen LogP contribution < -0.4 is 11.1 Å². The summed E-state index contributed by atoms with van der Waals surface area (Å²) in [6.45, 7) is 2.01. The second-order valence-corrected chi connectivity index (χ2v) is 6.45. The van der Waals surface area contributed by atoms with Gasteiger partial charge in [-0.1, -0.05) is 24.3 Å². The number of nitrogens with two attached hydrogens (primary N) is 1. The van der Waals surface area contributed by atoms with E-state index >= 15 is 0 Å². The fourth-order valence-electron chi connectivity index (χ4n) is 2.78. The number of nitrogen functional groups attached to an aromatic ring is 1. The number of benzene rings is 1. The lowest BCUT2D eigenvalue weighted by Gasteiger charge is -2.04. The Labute approximate surface area is 142 Å². The molecule has 0 atom stereocenters. The predicted octanol–water partition coefficient (Wildman–Crippen LogP) is 3.99. The van der Waals surface area contributed by atoms with Crippen molar-refractivity contribution in [2.45, 2.75) is 6.92 Å². The second-order valence-electron chi connectivity index (χ2n) is 5.45. The maximum absolute atomic E-state index is 12.6. The van der Waals surface area contributed by atoms with Crippen LogP contribution in [0.5, 0.6) is 0 Å². The maximum Gasteiger partial charge on any atom is 0.269 e. The molecule has 0 unspecified atom stereocenters. The first-order chi connectivity index (χ1) is 11.6. The van der Waals surface area contributed by atoms with Crippen LogP contribution in [0.1, 0.15) is 15.2 Å². The largest absolute Gasteiger partial charge is 0.397 e. The Bertz CT molecular complexity index is 1070. The van der Waals surface area contributed by atoms with Crippen LogP contribution in [0.2, 0.25) is 0 Å². The number of thiophene rings is 1. The van der Waals surface area contributed by atoms with Crippen LogP contribution in [-0.2, 0) is 0 Å². The predicted molar refractivity (Wildman–Crippen MR) is 98.5 cm³/mol. The molecule has 0 saturated heterocycles. The molecule has 1 aromatic carbocycles. The molecule has 118 valence electrons. The van der Waals surface area contributed by atoms with Gasteiger partial charge in [-0.2, -0.15) is 0 Å². The summed E-state index contributed by atoms with van der Waals surface area (Å²) in [7, 11) is 0. The number of nitrogens with one attached hydrogen (secondary N) is 1. The van der Waals surface area contributed by atoms with Gasteiger partial charge in [0.2, 0.25) is 0 Å². The third-order valence-corrected chi connectivity index (χ3v) is 5.04. The Balaban J connectivity index is 1.85. The van der Waals surface area contributed by atoms with Gasteiger partial charge in [0.05, 0.1) is 11.2 Å². The van der Waals surface area contributed by atoms with E-state index in [-0.39, 0.29) is 5.91 Å². The van der Waals surface area contributed by atoms with E-state index in [0.717, 1.165) is 26.7 Å². The van der Waals surface area contributed by atoms with E-state index in [9.17, 15) is 4.79 Å². The van der Waals surface area contributed by atoms with Gasteiger partial charge in [-0.15, -0.1) is 11.3 Å². The zero-order chi connectivity index (χ0) is 16.7. The number of anilines is 2. The molecule has 3 N–H and O–H groups in total. The van der Waals surface area contributed by atoms with Crippen molar-refractivity contribution < 1.29 is 4.79 Å². The molecule has 3 aromatic heterocycles.